The van der Waals surface area contributed by atoms with Crippen molar-refractivity contribution in [2.24, 2.45) is 0 Å². The molecule has 0 bridgehead atoms. The number of rotatable bonds is 5. The van der Waals surface area contributed by atoms with Crippen LogP contribution in [0.25, 0.3) is 0 Å². The first kappa shape index (κ1) is 15.0. The predicted octanol–water partition coefficient (Wildman–Crippen LogP) is 2.79. The van der Waals surface area contributed by atoms with E-state index in [0.717, 1.165) is 5.56 Å². The fourth-order valence-electron chi connectivity index (χ4n) is 1.77. The van der Waals surface area contributed by atoms with Crippen molar-refractivity contribution in [2.75, 3.05) is 5.32 Å². The molecular weight excluding hydrogens is 244 g/mol. The highest BCUT2D eigenvalue weighted by molar-refractivity contribution is 5.92. The molecule has 1 atom stereocenters. The average Bonchev–Trinajstić information content (AvgIpc) is 2.35. The summed E-state index contributed by atoms with van der Waals surface area (Å²) in [6.45, 7) is 5.77. The number of carbonyl (C=O) groups excluding carboxylic acids is 1. The number of amides is 2. The van der Waals surface area contributed by atoms with E-state index in [2.05, 4.69) is 10.6 Å². The molecule has 1 aromatic rings. The SMILES string of the molecule is CC[C@H](NC(=O)Nc1ccccc1C(C)C)C(=O)O. The lowest BCUT2D eigenvalue weighted by molar-refractivity contribution is -0.139. The van der Waals surface area contributed by atoms with Crippen LogP contribution in [0.2, 0.25) is 0 Å². The minimum Gasteiger partial charge on any atom is -0.480 e. The molecule has 3 N–H and O–H groups in total. The molecule has 0 saturated carbocycles. The van der Waals surface area contributed by atoms with Gasteiger partial charge < -0.3 is 15.7 Å². The number of carbonyl (C=O) groups is 2. The molecule has 0 spiro atoms. The van der Waals surface area contributed by atoms with Gasteiger partial charge >= 0.3 is 12.0 Å². The molecule has 5 nitrogen and oxygen atoms in total. The molecule has 2 amide bonds. The molecule has 19 heavy (non-hydrogen) atoms. The zero-order valence-electron chi connectivity index (χ0n) is 11.4. The van der Waals surface area contributed by atoms with Crippen LogP contribution < -0.4 is 10.6 Å². The molecule has 5 heteroatoms. The van der Waals surface area contributed by atoms with E-state index in [1.807, 2.05) is 32.0 Å². The van der Waals surface area contributed by atoms with E-state index < -0.39 is 18.0 Å². The summed E-state index contributed by atoms with van der Waals surface area (Å²) in [4.78, 5) is 22.6. The molecule has 1 rings (SSSR count). The zero-order valence-corrected chi connectivity index (χ0v) is 11.4. The maximum Gasteiger partial charge on any atom is 0.326 e. The number of urea groups is 1. The molecule has 1 aromatic carbocycles. The van der Waals surface area contributed by atoms with Crippen molar-refractivity contribution in [3.8, 4) is 0 Å². The van der Waals surface area contributed by atoms with Gasteiger partial charge in [0, 0.05) is 5.69 Å². The molecule has 0 saturated heterocycles. The Hall–Kier alpha value is -2.04. The maximum absolute atomic E-state index is 11.8. The summed E-state index contributed by atoms with van der Waals surface area (Å²) in [6.07, 6.45) is 0.342. The van der Waals surface area contributed by atoms with Crippen LogP contribution in [-0.4, -0.2) is 23.1 Å². The quantitative estimate of drug-likeness (QED) is 0.765. The summed E-state index contributed by atoms with van der Waals surface area (Å²) in [5, 5.41) is 14.0. The van der Waals surface area contributed by atoms with Gasteiger partial charge in [0.25, 0.3) is 0 Å². The largest absolute Gasteiger partial charge is 0.480 e. The van der Waals surface area contributed by atoms with Crippen LogP contribution in [0.3, 0.4) is 0 Å². The highest BCUT2D eigenvalue weighted by Gasteiger charge is 2.18. The Morgan fingerprint density at radius 2 is 1.89 bits per heavy atom. The van der Waals surface area contributed by atoms with E-state index in [0.29, 0.717) is 12.1 Å². The summed E-state index contributed by atoms with van der Waals surface area (Å²) in [5.41, 5.74) is 1.72. The number of anilines is 1. The molecule has 0 heterocycles. The lowest BCUT2D eigenvalue weighted by Crippen LogP contribution is -2.42. The van der Waals surface area contributed by atoms with Crippen molar-refractivity contribution >= 4 is 17.7 Å². The van der Waals surface area contributed by atoms with Gasteiger partial charge in [0.05, 0.1) is 0 Å². The Morgan fingerprint density at radius 1 is 1.26 bits per heavy atom. The van der Waals surface area contributed by atoms with Crippen molar-refractivity contribution < 1.29 is 14.7 Å². The summed E-state index contributed by atoms with van der Waals surface area (Å²) < 4.78 is 0. The smallest absolute Gasteiger partial charge is 0.326 e. The number of carboxylic acid groups (broad SMARTS) is 1. The van der Waals surface area contributed by atoms with E-state index in [-0.39, 0.29) is 5.92 Å². The van der Waals surface area contributed by atoms with Crippen molar-refractivity contribution in [2.45, 2.75) is 39.2 Å². The second-order valence-electron chi connectivity index (χ2n) is 4.64. The van der Waals surface area contributed by atoms with Crippen LogP contribution in [0.4, 0.5) is 10.5 Å². The topological polar surface area (TPSA) is 78.4 Å². The number of hydrogen-bond donors (Lipinski definition) is 3. The third-order valence-electron chi connectivity index (χ3n) is 2.84. The monoisotopic (exact) mass is 264 g/mol. The van der Waals surface area contributed by atoms with Gasteiger partial charge in [0.2, 0.25) is 0 Å². The second kappa shape index (κ2) is 6.78. The number of nitrogens with one attached hydrogen (secondary N) is 2. The highest BCUT2D eigenvalue weighted by Crippen LogP contribution is 2.23. The first-order valence-corrected chi connectivity index (χ1v) is 6.35. The number of para-hydroxylation sites is 1. The summed E-state index contributed by atoms with van der Waals surface area (Å²) in [7, 11) is 0. The van der Waals surface area contributed by atoms with Crippen LogP contribution in [0, 0.1) is 0 Å². The fraction of sp³-hybridized carbons (Fsp3) is 0.429. The molecule has 0 aromatic heterocycles. The van der Waals surface area contributed by atoms with Gasteiger partial charge in [-0.15, -0.1) is 0 Å². The minimum absolute atomic E-state index is 0.276. The van der Waals surface area contributed by atoms with Gasteiger partial charge in [0.15, 0.2) is 0 Å². The van der Waals surface area contributed by atoms with E-state index in [1.54, 1.807) is 13.0 Å². The van der Waals surface area contributed by atoms with E-state index in [1.165, 1.54) is 0 Å². The third-order valence-corrected chi connectivity index (χ3v) is 2.84. The maximum atomic E-state index is 11.8. The first-order valence-electron chi connectivity index (χ1n) is 6.35. The third kappa shape index (κ3) is 4.28. The van der Waals surface area contributed by atoms with Gasteiger partial charge in [-0.1, -0.05) is 39.0 Å². The molecular formula is C14H20N2O3. The number of aliphatic carboxylic acids is 1. The predicted molar refractivity (Wildman–Crippen MR) is 74.4 cm³/mol. The average molecular weight is 264 g/mol. The van der Waals surface area contributed by atoms with E-state index in [9.17, 15) is 9.59 Å². The normalized spacial score (nSPS) is 12.0. The van der Waals surface area contributed by atoms with E-state index in [4.69, 9.17) is 5.11 Å². The van der Waals surface area contributed by atoms with Crippen LogP contribution in [0.15, 0.2) is 24.3 Å². The highest BCUT2D eigenvalue weighted by atomic mass is 16.4. The lowest BCUT2D eigenvalue weighted by atomic mass is 10.0. The number of carboxylic acids is 1. The minimum atomic E-state index is -1.03. The molecule has 104 valence electrons. The Morgan fingerprint density at radius 3 is 2.42 bits per heavy atom. The standard InChI is InChI=1S/C14H20N2O3/c1-4-11(13(17)18)15-14(19)16-12-8-6-5-7-10(12)9(2)3/h5-9,11H,4H2,1-3H3,(H,17,18)(H2,15,16,19)/t11-/m0/s1. The van der Waals surface area contributed by atoms with Crippen LogP contribution in [0.5, 0.6) is 0 Å². The second-order valence-corrected chi connectivity index (χ2v) is 4.64. The van der Waals surface area contributed by atoms with Crippen molar-refractivity contribution in [3.05, 3.63) is 29.8 Å². The Bertz CT molecular complexity index is 458. The Balaban J connectivity index is 2.74. The summed E-state index contributed by atoms with van der Waals surface area (Å²) in [6, 6.07) is 6.11. The van der Waals surface area contributed by atoms with Gasteiger partial charge in [0.1, 0.15) is 6.04 Å². The first-order chi connectivity index (χ1) is 8.95. The molecule has 0 radical (unpaired) electrons. The van der Waals surface area contributed by atoms with Crippen LogP contribution >= 0.6 is 0 Å². The van der Waals surface area contributed by atoms with Gasteiger partial charge in [-0.05, 0) is 24.0 Å². The van der Waals surface area contributed by atoms with E-state index >= 15 is 0 Å². The number of benzene rings is 1. The molecule has 0 unspecified atom stereocenters. The van der Waals surface area contributed by atoms with Gasteiger partial charge in [-0.25, -0.2) is 9.59 Å². The van der Waals surface area contributed by atoms with Crippen molar-refractivity contribution in [1.82, 2.24) is 5.32 Å². The van der Waals surface area contributed by atoms with Crippen LogP contribution in [0.1, 0.15) is 38.7 Å². The zero-order chi connectivity index (χ0) is 14.4. The molecule has 0 aliphatic carbocycles. The lowest BCUT2D eigenvalue weighted by Gasteiger charge is -2.16. The fourth-order valence-corrected chi connectivity index (χ4v) is 1.77. The molecule has 0 fully saturated rings. The van der Waals surface area contributed by atoms with Gasteiger partial charge in [-0.3, -0.25) is 0 Å². The van der Waals surface area contributed by atoms with Crippen molar-refractivity contribution in [1.29, 1.82) is 0 Å². The summed E-state index contributed by atoms with van der Waals surface area (Å²) >= 11 is 0. The summed E-state index contributed by atoms with van der Waals surface area (Å²) in [5.74, 6) is -0.757. The van der Waals surface area contributed by atoms with Crippen molar-refractivity contribution in [3.63, 3.8) is 0 Å². The van der Waals surface area contributed by atoms with Crippen LogP contribution in [-0.2, 0) is 4.79 Å². The Kier molecular flexibility index (Phi) is 5.36. The molecule has 0 aliphatic rings. The number of hydrogen-bond acceptors (Lipinski definition) is 2. The molecule has 0 aliphatic heterocycles. The van der Waals surface area contributed by atoms with Gasteiger partial charge in [-0.2, -0.15) is 0 Å². The Labute approximate surface area is 113 Å².